The molecule has 0 aliphatic carbocycles. The number of ether oxygens (including phenoxy) is 2. The topological polar surface area (TPSA) is 71.1 Å². The van der Waals surface area contributed by atoms with E-state index in [-0.39, 0.29) is 5.57 Å². The van der Waals surface area contributed by atoms with E-state index in [1.807, 2.05) is 36.4 Å². The van der Waals surface area contributed by atoms with E-state index < -0.39 is 11.8 Å². The van der Waals surface area contributed by atoms with Gasteiger partial charge >= 0.3 is 5.97 Å². The summed E-state index contributed by atoms with van der Waals surface area (Å²) < 4.78 is 10.6. The molecule has 0 unspecified atom stereocenters. The minimum absolute atomic E-state index is 0.0958. The molecular formula is C25H20O6. The molecule has 6 heteroatoms. The highest BCUT2D eigenvalue weighted by atomic mass is 17.2. The third kappa shape index (κ3) is 4.82. The van der Waals surface area contributed by atoms with Crippen LogP contribution in [0.4, 0.5) is 0 Å². The second-order valence-corrected chi connectivity index (χ2v) is 6.89. The maximum atomic E-state index is 13.1. The van der Waals surface area contributed by atoms with Crippen molar-refractivity contribution in [3.8, 4) is 11.5 Å². The molecule has 1 heterocycles. The molecule has 0 aromatic heterocycles. The van der Waals surface area contributed by atoms with Crippen LogP contribution < -0.4 is 9.62 Å². The first-order chi connectivity index (χ1) is 15.1. The van der Waals surface area contributed by atoms with E-state index in [1.165, 1.54) is 13.2 Å². The van der Waals surface area contributed by atoms with Gasteiger partial charge in [-0.3, -0.25) is 4.79 Å². The molecule has 0 atom stereocenters. The fraction of sp³-hybridized carbons (Fsp3) is 0.120. The van der Waals surface area contributed by atoms with Crippen molar-refractivity contribution >= 4 is 17.8 Å². The number of ketones is 1. The molecule has 156 valence electrons. The molecule has 4 rings (SSSR count). The van der Waals surface area contributed by atoms with E-state index in [0.29, 0.717) is 35.8 Å². The summed E-state index contributed by atoms with van der Waals surface area (Å²) in [4.78, 5) is 35.5. The third-order valence-electron chi connectivity index (χ3n) is 4.76. The average molecular weight is 416 g/mol. The number of hydrogen-bond acceptors (Lipinski definition) is 6. The predicted octanol–water partition coefficient (Wildman–Crippen LogP) is 4.53. The summed E-state index contributed by atoms with van der Waals surface area (Å²) in [5, 5.41) is 0. The molecule has 3 aromatic rings. The van der Waals surface area contributed by atoms with E-state index >= 15 is 0 Å². The van der Waals surface area contributed by atoms with Gasteiger partial charge in [0.25, 0.3) is 0 Å². The van der Waals surface area contributed by atoms with Crippen LogP contribution >= 0.6 is 0 Å². The molecule has 1 aliphatic rings. The molecule has 3 aromatic carbocycles. The first-order valence-corrected chi connectivity index (χ1v) is 9.68. The Kier molecular flexibility index (Phi) is 6.10. The Morgan fingerprint density at radius 3 is 2.65 bits per heavy atom. The number of fused-ring (bicyclic) bond motifs is 1. The van der Waals surface area contributed by atoms with Gasteiger partial charge in [-0.25, -0.2) is 4.79 Å². The van der Waals surface area contributed by atoms with Gasteiger partial charge < -0.3 is 14.4 Å². The minimum atomic E-state index is -0.724. The number of rotatable bonds is 7. The summed E-state index contributed by atoms with van der Waals surface area (Å²) in [5.74, 6) is -0.100. The van der Waals surface area contributed by atoms with Crippen molar-refractivity contribution in [2.75, 3.05) is 7.11 Å². The first-order valence-electron chi connectivity index (χ1n) is 9.68. The molecule has 0 bridgehead atoms. The Hall–Kier alpha value is -3.90. The molecule has 31 heavy (non-hydrogen) atoms. The summed E-state index contributed by atoms with van der Waals surface area (Å²) in [5.41, 5.74) is 2.75. The molecule has 0 fully saturated rings. The van der Waals surface area contributed by atoms with Crippen LogP contribution in [-0.2, 0) is 27.6 Å². The Bertz CT molecular complexity index is 1130. The fourth-order valence-corrected chi connectivity index (χ4v) is 3.13. The summed E-state index contributed by atoms with van der Waals surface area (Å²) in [6.45, 7) is 0.729. The van der Waals surface area contributed by atoms with Gasteiger partial charge in [-0.2, -0.15) is 4.89 Å². The molecule has 0 saturated heterocycles. The summed E-state index contributed by atoms with van der Waals surface area (Å²) in [7, 11) is 1.24. The zero-order chi connectivity index (χ0) is 21.6. The molecule has 0 amide bonds. The highest BCUT2D eigenvalue weighted by molar-refractivity contribution is 6.27. The lowest BCUT2D eigenvalue weighted by Crippen LogP contribution is -2.15. The summed E-state index contributed by atoms with van der Waals surface area (Å²) in [6.07, 6.45) is 1.48. The highest BCUT2D eigenvalue weighted by Crippen LogP contribution is 2.28. The Morgan fingerprint density at radius 1 is 1.00 bits per heavy atom. The lowest BCUT2D eigenvalue weighted by Gasteiger charge is -2.09. The SMILES string of the molecule is COC(=O)/C(=C\c1ccc2c(c1)OOC2)C(=O)c1cccc(OCc2ccccc2)c1. The standard InChI is InChI=1S/C25H20O6/c1-28-25(27)22(12-18-10-11-20-16-30-31-23(20)13-18)24(26)19-8-5-9-21(14-19)29-15-17-6-3-2-4-7-17/h2-14H,15-16H2,1H3/b22-12-. The van der Waals surface area contributed by atoms with Crippen molar-refractivity contribution in [1.82, 2.24) is 0 Å². The number of hydrogen-bond donors (Lipinski definition) is 0. The predicted molar refractivity (Wildman–Crippen MR) is 113 cm³/mol. The largest absolute Gasteiger partial charge is 0.489 e. The third-order valence-corrected chi connectivity index (χ3v) is 4.76. The van der Waals surface area contributed by atoms with Crippen molar-refractivity contribution < 1.29 is 28.8 Å². The van der Waals surface area contributed by atoms with Gasteiger partial charge in [-0.1, -0.05) is 54.6 Å². The number of Topliss-reactive ketones (excluding diaryl/α,β-unsaturated/α-hetero) is 1. The van der Waals surface area contributed by atoms with Gasteiger partial charge in [0.15, 0.2) is 11.5 Å². The summed E-state index contributed by atoms with van der Waals surface area (Å²) in [6, 6.07) is 21.7. The van der Waals surface area contributed by atoms with Gasteiger partial charge in [-0.15, -0.1) is 0 Å². The lowest BCUT2D eigenvalue weighted by molar-refractivity contribution is -0.194. The van der Waals surface area contributed by atoms with Crippen LogP contribution in [0.2, 0.25) is 0 Å². The number of benzene rings is 3. The molecular weight excluding hydrogens is 396 g/mol. The van der Waals surface area contributed by atoms with Gasteiger partial charge in [0.1, 0.15) is 24.5 Å². The maximum Gasteiger partial charge on any atom is 0.341 e. The van der Waals surface area contributed by atoms with Crippen molar-refractivity contribution in [2.45, 2.75) is 13.2 Å². The number of esters is 1. The Labute approximate surface area is 179 Å². The minimum Gasteiger partial charge on any atom is -0.489 e. The molecule has 0 radical (unpaired) electrons. The Balaban J connectivity index is 1.58. The van der Waals surface area contributed by atoms with Crippen molar-refractivity contribution in [2.24, 2.45) is 0 Å². The molecule has 0 saturated carbocycles. The normalized spacial score (nSPS) is 12.6. The van der Waals surface area contributed by atoms with Crippen molar-refractivity contribution in [1.29, 1.82) is 0 Å². The van der Waals surface area contributed by atoms with Gasteiger partial charge in [-0.05, 0) is 35.4 Å². The smallest absolute Gasteiger partial charge is 0.341 e. The number of carbonyl (C=O) groups excluding carboxylic acids is 2. The Morgan fingerprint density at radius 2 is 1.84 bits per heavy atom. The monoisotopic (exact) mass is 416 g/mol. The zero-order valence-electron chi connectivity index (χ0n) is 16.9. The second kappa shape index (κ2) is 9.28. The van der Waals surface area contributed by atoms with Crippen LogP contribution in [0.5, 0.6) is 11.5 Å². The second-order valence-electron chi connectivity index (χ2n) is 6.89. The molecule has 0 spiro atoms. The maximum absolute atomic E-state index is 13.1. The quantitative estimate of drug-likeness (QED) is 0.141. The van der Waals surface area contributed by atoms with Gasteiger partial charge in [0, 0.05) is 11.1 Å². The van der Waals surface area contributed by atoms with E-state index in [2.05, 4.69) is 0 Å². The lowest BCUT2D eigenvalue weighted by atomic mass is 10.00. The van der Waals surface area contributed by atoms with Crippen LogP contribution in [-0.4, -0.2) is 18.9 Å². The number of methoxy groups -OCH3 is 1. The van der Waals surface area contributed by atoms with Gasteiger partial charge in [0.2, 0.25) is 0 Å². The molecule has 0 N–H and O–H groups in total. The van der Waals surface area contributed by atoms with Crippen molar-refractivity contribution in [3.05, 3.63) is 101 Å². The average Bonchev–Trinajstić information content (AvgIpc) is 3.29. The zero-order valence-corrected chi connectivity index (χ0v) is 16.9. The van der Waals surface area contributed by atoms with Crippen LogP contribution in [0.3, 0.4) is 0 Å². The molecule has 1 aliphatic heterocycles. The van der Waals surface area contributed by atoms with Gasteiger partial charge in [0.05, 0.1) is 7.11 Å². The van der Waals surface area contributed by atoms with Crippen LogP contribution in [0, 0.1) is 0 Å². The van der Waals surface area contributed by atoms with Crippen LogP contribution in [0.1, 0.15) is 27.0 Å². The van der Waals surface area contributed by atoms with E-state index in [4.69, 9.17) is 19.2 Å². The summed E-state index contributed by atoms with van der Waals surface area (Å²) >= 11 is 0. The highest BCUT2D eigenvalue weighted by Gasteiger charge is 2.22. The van der Waals surface area contributed by atoms with E-state index in [0.717, 1.165) is 11.1 Å². The number of carbonyl (C=O) groups is 2. The van der Waals surface area contributed by atoms with E-state index in [1.54, 1.807) is 36.4 Å². The van der Waals surface area contributed by atoms with Crippen molar-refractivity contribution in [3.63, 3.8) is 0 Å². The van der Waals surface area contributed by atoms with E-state index in [9.17, 15) is 9.59 Å². The fourth-order valence-electron chi connectivity index (χ4n) is 3.13. The van der Waals surface area contributed by atoms with Crippen LogP contribution in [0.15, 0.2) is 78.4 Å². The van der Waals surface area contributed by atoms with Crippen LogP contribution in [0.25, 0.3) is 6.08 Å². The first kappa shape index (κ1) is 20.4. The molecule has 6 nitrogen and oxygen atoms in total.